The van der Waals surface area contributed by atoms with Gasteiger partial charge in [0, 0.05) is 55.2 Å². The molecule has 3 heterocycles. The summed E-state index contributed by atoms with van der Waals surface area (Å²) in [5, 5.41) is 3.86. The van der Waals surface area contributed by atoms with Crippen LogP contribution in [0.1, 0.15) is 30.7 Å². The van der Waals surface area contributed by atoms with Crippen LogP contribution in [0.2, 0.25) is 5.02 Å². The zero-order chi connectivity index (χ0) is 21.4. The van der Waals surface area contributed by atoms with Crippen LogP contribution in [0, 0.1) is 5.92 Å². The molecule has 5 rings (SSSR count). The number of halogens is 1. The third kappa shape index (κ3) is 4.39. The molecule has 0 unspecified atom stereocenters. The van der Waals surface area contributed by atoms with Gasteiger partial charge in [0.2, 0.25) is 0 Å². The molecule has 1 N–H and O–H groups in total. The Bertz CT molecular complexity index is 908. The molecule has 0 saturated carbocycles. The van der Waals surface area contributed by atoms with Crippen molar-refractivity contribution in [3.8, 4) is 0 Å². The molecule has 31 heavy (non-hydrogen) atoms. The minimum absolute atomic E-state index is 0.000889. The summed E-state index contributed by atoms with van der Waals surface area (Å²) in [6.45, 7) is 5.06. The first-order valence-corrected chi connectivity index (χ1v) is 11.8. The Hall–Kier alpha value is -2.24. The van der Waals surface area contributed by atoms with E-state index in [1.165, 1.54) is 24.2 Å². The van der Waals surface area contributed by atoms with E-state index in [4.69, 9.17) is 11.6 Å². The first-order chi connectivity index (χ1) is 15.1. The fourth-order valence-corrected chi connectivity index (χ4v) is 5.71. The van der Waals surface area contributed by atoms with Gasteiger partial charge in [-0.15, -0.1) is 0 Å². The van der Waals surface area contributed by atoms with E-state index in [1.807, 2.05) is 29.2 Å². The summed E-state index contributed by atoms with van der Waals surface area (Å²) < 4.78 is 0. The van der Waals surface area contributed by atoms with E-state index in [2.05, 4.69) is 46.4 Å². The van der Waals surface area contributed by atoms with Crippen molar-refractivity contribution in [1.82, 2.24) is 9.80 Å². The molecule has 0 aromatic heterocycles. The number of rotatable bonds is 3. The highest BCUT2D eigenvalue weighted by Gasteiger charge is 2.39. The Morgan fingerprint density at radius 3 is 2.35 bits per heavy atom. The molecule has 3 aliphatic rings. The number of carbonyl (C=O) groups is 1. The van der Waals surface area contributed by atoms with Crippen molar-refractivity contribution in [2.75, 3.05) is 50.0 Å². The lowest BCUT2D eigenvalue weighted by atomic mass is 9.89. The highest BCUT2D eigenvalue weighted by atomic mass is 35.5. The summed E-state index contributed by atoms with van der Waals surface area (Å²) in [6.07, 6.45) is 3.25. The van der Waals surface area contributed by atoms with Gasteiger partial charge in [0.1, 0.15) is 0 Å². The van der Waals surface area contributed by atoms with Crippen LogP contribution in [0.25, 0.3) is 0 Å². The number of benzene rings is 2. The molecule has 2 amide bonds. The van der Waals surface area contributed by atoms with Crippen LogP contribution < -0.4 is 10.2 Å². The van der Waals surface area contributed by atoms with E-state index >= 15 is 0 Å². The number of nitrogens with zero attached hydrogens (tertiary/aromatic N) is 3. The maximum atomic E-state index is 12.8. The molecular formula is C25H31ClN4O. The highest BCUT2D eigenvalue weighted by Crippen LogP contribution is 2.35. The summed E-state index contributed by atoms with van der Waals surface area (Å²) in [4.78, 5) is 19.7. The van der Waals surface area contributed by atoms with Crippen molar-refractivity contribution < 1.29 is 4.79 Å². The van der Waals surface area contributed by atoms with E-state index in [0.717, 1.165) is 55.6 Å². The van der Waals surface area contributed by atoms with Gasteiger partial charge in [-0.2, -0.15) is 0 Å². The number of anilines is 2. The predicted octanol–water partition coefficient (Wildman–Crippen LogP) is 4.89. The fraction of sp³-hybridized carbons (Fsp3) is 0.480. The summed E-state index contributed by atoms with van der Waals surface area (Å²) in [7, 11) is 2.22. The first-order valence-electron chi connectivity index (χ1n) is 11.4. The number of urea groups is 1. The Balaban J connectivity index is 1.15. The smallest absolute Gasteiger partial charge is 0.321 e. The minimum atomic E-state index is 0.000889. The quantitative estimate of drug-likeness (QED) is 0.741. The number of piperidine rings is 1. The number of likely N-dealkylation sites (tertiary alicyclic amines) is 2. The van der Waals surface area contributed by atoms with Gasteiger partial charge in [0.25, 0.3) is 0 Å². The fourth-order valence-electron chi connectivity index (χ4n) is 5.58. The number of carbonyl (C=O) groups excluding carboxylic acids is 1. The second kappa shape index (κ2) is 8.71. The van der Waals surface area contributed by atoms with Crippen molar-refractivity contribution in [2.24, 2.45) is 5.92 Å². The topological polar surface area (TPSA) is 38.8 Å². The van der Waals surface area contributed by atoms with Gasteiger partial charge in [0.05, 0.1) is 0 Å². The van der Waals surface area contributed by atoms with Crippen molar-refractivity contribution in [3.63, 3.8) is 0 Å². The molecule has 3 aliphatic heterocycles. The van der Waals surface area contributed by atoms with Gasteiger partial charge >= 0.3 is 6.03 Å². The lowest BCUT2D eigenvalue weighted by Crippen LogP contribution is -2.40. The van der Waals surface area contributed by atoms with E-state index < -0.39 is 0 Å². The largest absolute Gasteiger partial charge is 0.367 e. The number of amides is 2. The zero-order valence-corrected chi connectivity index (χ0v) is 18.9. The molecule has 2 atom stereocenters. The normalized spacial score (nSPS) is 24.5. The molecule has 6 heteroatoms. The Morgan fingerprint density at radius 1 is 0.935 bits per heavy atom. The molecule has 0 spiro atoms. The van der Waals surface area contributed by atoms with Crippen molar-refractivity contribution in [1.29, 1.82) is 0 Å². The first kappa shape index (κ1) is 20.7. The number of likely N-dealkylation sites (N-methyl/N-ethyl adjacent to an activating group) is 1. The number of hydrogen-bond donors (Lipinski definition) is 1. The van der Waals surface area contributed by atoms with Crippen LogP contribution in [-0.2, 0) is 0 Å². The minimum Gasteiger partial charge on any atom is -0.367 e. The van der Waals surface area contributed by atoms with Gasteiger partial charge in [0.15, 0.2) is 0 Å². The molecule has 3 fully saturated rings. The zero-order valence-electron chi connectivity index (χ0n) is 18.1. The van der Waals surface area contributed by atoms with Crippen molar-refractivity contribution in [3.05, 3.63) is 59.1 Å². The highest BCUT2D eigenvalue weighted by molar-refractivity contribution is 6.30. The molecule has 164 valence electrons. The third-order valence-electron chi connectivity index (χ3n) is 7.30. The maximum absolute atomic E-state index is 12.8. The van der Waals surface area contributed by atoms with Crippen LogP contribution in [0.5, 0.6) is 0 Å². The van der Waals surface area contributed by atoms with Crippen LogP contribution in [-0.4, -0.2) is 61.6 Å². The Kier molecular flexibility index (Phi) is 5.81. The summed E-state index contributed by atoms with van der Waals surface area (Å²) in [6, 6.07) is 17.1. The number of hydrogen-bond acceptors (Lipinski definition) is 3. The number of fused-ring (bicyclic) bond motifs is 1. The lowest BCUT2D eigenvalue weighted by Gasteiger charge is -2.32. The molecule has 2 aromatic rings. The number of nitrogens with one attached hydrogen (secondary N) is 1. The summed E-state index contributed by atoms with van der Waals surface area (Å²) in [5.74, 6) is 1.29. The van der Waals surface area contributed by atoms with Gasteiger partial charge in [-0.05, 0) is 80.1 Å². The standard InChI is InChI=1S/C25H31ClN4O/c1-28-16-20-12-15-30(24(20)17-28)23-8-6-22(7-9-23)27-25(31)29-13-10-19(11-14-29)18-2-4-21(26)5-3-18/h2-9,19-20,24H,10-17H2,1H3,(H,27,31)/t20-,24+/m1/s1. The van der Waals surface area contributed by atoms with Gasteiger partial charge in [-0.25, -0.2) is 4.79 Å². The summed E-state index contributed by atoms with van der Waals surface area (Å²) >= 11 is 6.00. The average Bonchev–Trinajstić information content (AvgIpc) is 3.34. The van der Waals surface area contributed by atoms with Crippen LogP contribution in [0.4, 0.5) is 16.2 Å². The Morgan fingerprint density at radius 2 is 1.65 bits per heavy atom. The Labute approximate surface area is 190 Å². The van der Waals surface area contributed by atoms with E-state index in [0.29, 0.717) is 12.0 Å². The molecular weight excluding hydrogens is 408 g/mol. The third-order valence-corrected chi connectivity index (χ3v) is 7.56. The average molecular weight is 439 g/mol. The lowest BCUT2D eigenvalue weighted by molar-refractivity contribution is 0.194. The van der Waals surface area contributed by atoms with Crippen LogP contribution in [0.3, 0.4) is 0 Å². The maximum Gasteiger partial charge on any atom is 0.321 e. The SMILES string of the molecule is CN1C[C@H]2CCN(c3ccc(NC(=O)N4CCC(c5ccc(Cl)cc5)CC4)cc3)[C@H]2C1. The molecule has 0 bridgehead atoms. The van der Waals surface area contributed by atoms with E-state index in [1.54, 1.807) is 0 Å². The predicted molar refractivity (Wildman–Crippen MR) is 127 cm³/mol. The molecule has 0 radical (unpaired) electrons. The van der Waals surface area contributed by atoms with Crippen molar-refractivity contribution in [2.45, 2.75) is 31.2 Å². The second-order valence-electron chi connectivity index (χ2n) is 9.32. The van der Waals surface area contributed by atoms with Gasteiger partial charge in [-0.3, -0.25) is 0 Å². The molecule has 3 saturated heterocycles. The van der Waals surface area contributed by atoms with Gasteiger partial charge in [-0.1, -0.05) is 23.7 Å². The van der Waals surface area contributed by atoms with E-state index in [9.17, 15) is 4.79 Å². The van der Waals surface area contributed by atoms with Crippen LogP contribution in [0.15, 0.2) is 48.5 Å². The molecule has 2 aromatic carbocycles. The summed E-state index contributed by atoms with van der Waals surface area (Å²) in [5.41, 5.74) is 3.45. The van der Waals surface area contributed by atoms with Gasteiger partial charge < -0.3 is 20.0 Å². The van der Waals surface area contributed by atoms with E-state index in [-0.39, 0.29) is 6.03 Å². The van der Waals surface area contributed by atoms with Crippen molar-refractivity contribution >= 4 is 29.0 Å². The second-order valence-corrected chi connectivity index (χ2v) is 9.76. The molecule has 5 nitrogen and oxygen atoms in total. The van der Waals surface area contributed by atoms with Crippen LogP contribution >= 0.6 is 11.6 Å². The molecule has 0 aliphatic carbocycles. The monoisotopic (exact) mass is 438 g/mol.